The van der Waals surface area contributed by atoms with E-state index >= 15 is 0 Å². The normalized spacial score (nSPS) is 43.5. The summed E-state index contributed by atoms with van der Waals surface area (Å²) in [4.78, 5) is 9.55. The highest BCUT2D eigenvalue weighted by Crippen LogP contribution is 2.64. The highest BCUT2D eigenvalue weighted by Gasteiger charge is 2.62. The van der Waals surface area contributed by atoms with Gasteiger partial charge in [-0.25, -0.2) is 9.34 Å². The average Bonchev–Trinajstić information content (AvgIpc) is 2.71. The lowest BCUT2D eigenvalue weighted by Gasteiger charge is -2.19. The SMILES string of the molecule is [B]C1([B])CN1P(=O)(O)N1CC1([B])[B]. The van der Waals surface area contributed by atoms with Crippen molar-refractivity contribution in [2.45, 2.75) is 10.7 Å². The first-order valence-electron chi connectivity index (χ1n) is 3.72. The lowest BCUT2D eigenvalue weighted by molar-refractivity contribution is 0.396. The van der Waals surface area contributed by atoms with Crippen LogP contribution in [0.25, 0.3) is 0 Å². The fourth-order valence-electron chi connectivity index (χ4n) is 1.21. The van der Waals surface area contributed by atoms with Crippen molar-refractivity contribution >= 4 is 39.1 Å². The minimum Gasteiger partial charge on any atom is -0.322 e. The summed E-state index contributed by atoms with van der Waals surface area (Å²) in [5.41, 5.74) is 0. The second kappa shape index (κ2) is 2.30. The van der Waals surface area contributed by atoms with Crippen molar-refractivity contribution in [3.05, 3.63) is 0 Å². The van der Waals surface area contributed by atoms with E-state index < -0.39 is 18.3 Å². The van der Waals surface area contributed by atoms with Crippen LogP contribution in [-0.2, 0) is 4.57 Å². The van der Waals surface area contributed by atoms with Gasteiger partial charge in [0.25, 0.3) is 0 Å². The first-order chi connectivity index (χ1) is 5.68. The second-order valence-corrected chi connectivity index (χ2v) is 5.60. The molecule has 0 aliphatic carbocycles. The first kappa shape index (κ1) is 9.91. The van der Waals surface area contributed by atoms with Gasteiger partial charge in [0.1, 0.15) is 0 Å². The average molecular weight is 187 g/mol. The zero-order chi connectivity index (χ0) is 10.1. The van der Waals surface area contributed by atoms with Gasteiger partial charge in [0.15, 0.2) is 0 Å². The van der Waals surface area contributed by atoms with Crippen molar-refractivity contribution < 1.29 is 9.46 Å². The summed E-state index contributed by atoms with van der Waals surface area (Å²) in [5.74, 6) is 0. The van der Waals surface area contributed by atoms with Crippen LogP contribution in [-0.4, -0.2) is 69.4 Å². The van der Waals surface area contributed by atoms with E-state index in [9.17, 15) is 9.46 Å². The molecule has 0 spiro atoms. The standard InChI is InChI=1S/C4H5B4N2O2P/c5-3(6)1-9(3)13(11,12)10-2-4(10,7)8/h1-2H2,(H,11,12). The van der Waals surface area contributed by atoms with Gasteiger partial charge in [-0.05, 0) is 10.7 Å². The van der Waals surface area contributed by atoms with Crippen molar-refractivity contribution in [3.8, 4) is 0 Å². The van der Waals surface area contributed by atoms with Gasteiger partial charge in [0, 0.05) is 13.1 Å². The lowest BCUT2D eigenvalue weighted by atomic mass is 9.70. The molecule has 60 valence electrons. The maximum Gasteiger partial charge on any atom is 0.341 e. The Kier molecular flexibility index (Phi) is 1.75. The third-order valence-electron chi connectivity index (χ3n) is 2.19. The Labute approximate surface area is 82.2 Å². The zero-order valence-corrected chi connectivity index (χ0v) is 7.82. The molecule has 2 rings (SSSR count). The van der Waals surface area contributed by atoms with E-state index in [1.807, 2.05) is 0 Å². The Morgan fingerprint density at radius 3 is 1.46 bits per heavy atom. The molecular formula is C4H5B4N2O2P. The monoisotopic (exact) mass is 188 g/mol. The largest absolute Gasteiger partial charge is 0.341 e. The quantitative estimate of drug-likeness (QED) is 0.300. The van der Waals surface area contributed by atoms with E-state index in [-0.39, 0.29) is 13.1 Å². The lowest BCUT2D eigenvalue weighted by Crippen LogP contribution is -2.23. The molecular weight excluding hydrogens is 182 g/mol. The highest BCUT2D eigenvalue weighted by molar-refractivity contribution is 7.54. The Morgan fingerprint density at radius 2 is 1.31 bits per heavy atom. The summed E-state index contributed by atoms with van der Waals surface area (Å²) in [6, 6.07) is 0. The Balaban J connectivity index is 2.12. The molecule has 2 aliphatic rings. The molecule has 0 aromatic heterocycles. The van der Waals surface area contributed by atoms with Crippen LogP contribution in [0.1, 0.15) is 0 Å². The van der Waals surface area contributed by atoms with Gasteiger partial charge in [-0.3, -0.25) is 4.57 Å². The van der Waals surface area contributed by atoms with Crippen molar-refractivity contribution in [1.82, 2.24) is 9.34 Å². The molecule has 8 radical (unpaired) electrons. The molecule has 0 bridgehead atoms. The van der Waals surface area contributed by atoms with Crippen molar-refractivity contribution in [1.29, 1.82) is 0 Å². The van der Waals surface area contributed by atoms with Crippen LogP contribution in [0.15, 0.2) is 0 Å². The van der Waals surface area contributed by atoms with E-state index in [0.29, 0.717) is 0 Å². The van der Waals surface area contributed by atoms with E-state index in [1.165, 1.54) is 0 Å². The van der Waals surface area contributed by atoms with Crippen LogP contribution in [0.2, 0.25) is 0 Å². The van der Waals surface area contributed by atoms with Crippen LogP contribution in [0.5, 0.6) is 0 Å². The molecule has 0 aromatic carbocycles. The van der Waals surface area contributed by atoms with Gasteiger partial charge in [-0.1, -0.05) is 0 Å². The summed E-state index contributed by atoms with van der Waals surface area (Å²) in [6.07, 6.45) is 0. The number of nitrogens with zero attached hydrogens (tertiary/aromatic N) is 2. The zero-order valence-electron chi connectivity index (χ0n) is 6.92. The molecule has 1 N–H and O–H groups in total. The Morgan fingerprint density at radius 1 is 1.08 bits per heavy atom. The van der Waals surface area contributed by atoms with E-state index in [2.05, 4.69) is 0 Å². The summed E-state index contributed by atoms with van der Waals surface area (Å²) in [7, 11) is 18.0. The Bertz CT molecular complexity index is 283. The van der Waals surface area contributed by atoms with E-state index in [1.54, 1.807) is 0 Å². The fraction of sp³-hybridized carbons (Fsp3) is 1.00. The molecule has 2 unspecified atom stereocenters. The number of hydrogen-bond acceptors (Lipinski definition) is 1. The number of hydrogen-bond donors (Lipinski definition) is 1. The minimum absolute atomic E-state index is 0.174. The van der Waals surface area contributed by atoms with Gasteiger partial charge in [0.05, 0.1) is 31.4 Å². The van der Waals surface area contributed by atoms with E-state index in [4.69, 9.17) is 31.4 Å². The molecule has 2 fully saturated rings. The van der Waals surface area contributed by atoms with Crippen molar-refractivity contribution in [2.75, 3.05) is 13.1 Å². The van der Waals surface area contributed by atoms with Gasteiger partial charge in [-0.15, -0.1) is 0 Å². The van der Waals surface area contributed by atoms with Gasteiger partial charge >= 0.3 is 7.67 Å². The summed E-state index contributed by atoms with van der Waals surface area (Å²) in [5, 5.41) is -2.38. The molecule has 13 heavy (non-hydrogen) atoms. The molecule has 0 aromatic rings. The second-order valence-electron chi connectivity index (χ2n) is 3.61. The molecule has 2 aliphatic heterocycles. The molecule has 2 saturated heterocycles. The summed E-state index contributed by atoms with van der Waals surface area (Å²) < 4.78 is 13.8. The summed E-state index contributed by atoms with van der Waals surface area (Å²) in [6.45, 7) is 0.348. The van der Waals surface area contributed by atoms with Crippen molar-refractivity contribution in [3.63, 3.8) is 0 Å². The fourth-order valence-corrected chi connectivity index (χ4v) is 3.26. The van der Waals surface area contributed by atoms with Gasteiger partial charge < -0.3 is 4.89 Å². The third kappa shape index (κ3) is 1.44. The molecule has 0 saturated carbocycles. The van der Waals surface area contributed by atoms with Crippen LogP contribution < -0.4 is 0 Å². The predicted molar refractivity (Wildman–Crippen MR) is 51.7 cm³/mol. The topological polar surface area (TPSA) is 43.3 Å². The maximum absolute atomic E-state index is 11.7. The van der Waals surface area contributed by atoms with Gasteiger partial charge in [-0.2, -0.15) is 0 Å². The third-order valence-corrected chi connectivity index (χ3v) is 4.47. The maximum atomic E-state index is 11.7. The van der Waals surface area contributed by atoms with Crippen LogP contribution >= 0.6 is 7.67 Å². The molecule has 4 nitrogen and oxygen atoms in total. The van der Waals surface area contributed by atoms with Crippen LogP contribution in [0.3, 0.4) is 0 Å². The Hall–Kier alpha value is 0.370. The smallest absolute Gasteiger partial charge is 0.322 e. The van der Waals surface area contributed by atoms with Crippen LogP contribution in [0, 0.1) is 0 Å². The molecule has 2 atom stereocenters. The van der Waals surface area contributed by atoms with Gasteiger partial charge in [0.2, 0.25) is 0 Å². The number of rotatable bonds is 2. The minimum atomic E-state index is -3.69. The van der Waals surface area contributed by atoms with E-state index in [0.717, 1.165) is 9.34 Å². The van der Waals surface area contributed by atoms with Crippen LogP contribution in [0.4, 0.5) is 0 Å². The highest BCUT2D eigenvalue weighted by atomic mass is 31.2. The predicted octanol–water partition coefficient (Wildman–Crippen LogP) is -2.30. The molecule has 9 heteroatoms. The summed E-state index contributed by atoms with van der Waals surface area (Å²) >= 11 is 0. The molecule has 2 heterocycles. The van der Waals surface area contributed by atoms with Crippen molar-refractivity contribution in [2.24, 2.45) is 0 Å². The molecule has 0 amide bonds. The first-order valence-corrected chi connectivity index (χ1v) is 5.29.